The first-order chi connectivity index (χ1) is 14.8. The van der Waals surface area contributed by atoms with Crippen LogP contribution in [0.25, 0.3) is 0 Å². The molecule has 166 valence electrons. The predicted molar refractivity (Wildman–Crippen MR) is 110 cm³/mol. The van der Waals surface area contributed by atoms with Gasteiger partial charge in [-0.2, -0.15) is 8.78 Å². The zero-order valence-electron chi connectivity index (χ0n) is 17.4. The number of hydrogen-bond donors (Lipinski definition) is 1. The lowest BCUT2D eigenvalue weighted by Gasteiger charge is -2.37. The molecule has 0 saturated heterocycles. The molecule has 0 aromatic heterocycles. The van der Waals surface area contributed by atoms with Crippen molar-refractivity contribution in [2.45, 2.75) is 63.1 Å². The third-order valence-corrected chi connectivity index (χ3v) is 5.78. The molecule has 1 N–H and O–H groups in total. The number of hydrogen-bond acceptors (Lipinski definition) is 4. The minimum absolute atomic E-state index is 0.0312. The van der Waals surface area contributed by atoms with E-state index < -0.39 is 24.0 Å². The van der Waals surface area contributed by atoms with Gasteiger partial charge in [-0.3, -0.25) is 0 Å². The van der Waals surface area contributed by atoms with E-state index in [-0.39, 0.29) is 16.7 Å². The number of aliphatic carboxylic acids is 1. The van der Waals surface area contributed by atoms with Gasteiger partial charge in [0.05, 0.1) is 5.56 Å². The van der Waals surface area contributed by atoms with Gasteiger partial charge in [-0.15, -0.1) is 0 Å². The van der Waals surface area contributed by atoms with Crippen molar-refractivity contribution >= 4 is 11.9 Å². The number of esters is 1. The van der Waals surface area contributed by atoms with E-state index in [0.717, 1.165) is 32.1 Å². The normalized spacial score (nSPS) is 16.9. The molecule has 0 bridgehead atoms. The van der Waals surface area contributed by atoms with Crippen LogP contribution in [0.1, 0.15) is 67.5 Å². The number of alkyl halides is 2. The van der Waals surface area contributed by atoms with Crippen LogP contribution in [-0.4, -0.2) is 28.6 Å². The Hall–Kier alpha value is -2.96. The van der Waals surface area contributed by atoms with Gasteiger partial charge in [-0.05, 0) is 61.9 Å². The van der Waals surface area contributed by atoms with Crippen LogP contribution in [0.3, 0.4) is 0 Å². The molecule has 2 aromatic rings. The lowest BCUT2D eigenvalue weighted by atomic mass is 9.82. The van der Waals surface area contributed by atoms with Gasteiger partial charge in [-0.1, -0.05) is 43.7 Å². The van der Waals surface area contributed by atoms with Crippen molar-refractivity contribution < 1.29 is 33.0 Å². The third-order valence-electron chi connectivity index (χ3n) is 5.78. The molecule has 3 rings (SSSR count). The molecular weight excluding hydrogens is 406 g/mol. The van der Waals surface area contributed by atoms with Crippen LogP contribution in [0.15, 0.2) is 54.6 Å². The van der Waals surface area contributed by atoms with Gasteiger partial charge >= 0.3 is 17.9 Å². The molecule has 0 amide bonds. The van der Waals surface area contributed by atoms with Crippen molar-refractivity contribution in [2.75, 3.05) is 0 Å². The lowest BCUT2D eigenvalue weighted by molar-refractivity contribution is -0.183. The SMILES string of the molecule is CCC1(Oc2ccc(C(=O)OC(c3ccccc3)C(F)(F)C(=O)O)cc2)CCCCC1. The summed E-state index contributed by atoms with van der Waals surface area (Å²) in [7, 11) is 0. The summed E-state index contributed by atoms with van der Waals surface area (Å²) in [6, 6.07) is 13.2. The van der Waals surface area contributed by atoms with Crippen LogP contribution in [0.4, 0.5) is 8.78 Å². The summed E-state index contributed by atoms with van der Waals surface area (Å²) in [5.41, 5.74) is -0.295. The van der Waals surface area contributed by atoms with Crippen LogP contribution in [0.2, 0.25) is 0 Å². The first-order valence-electron chi connectivity index (χ1n) is 10.4. The van der Waals surface area contributed by atoms with Crippen LogP contribution in [0.5, 0.6) is 5.75 Å². The fraction of sp³-hybridized carbons (Fsp3) is 0.417. The van der Waals surface area contributed by atoms with E-state index in [2.05, 4.69) is 6.92 Å². The van der Waals surface area contributed by atoms with Crippen molar-refractivity contribution in [3.63, 3.8) is 0 Å². The van der Waals surface area contributed by atoms with Crippen LogP contribution < -0.4 is 4.74 Å². The maximum Gasteiger partial charge on any atom is 0.382 e. The highest BCUT2D eigenvalue weighted by atomic mass is 19.3. The molecule has 1 unspecified atom stereocenters. The molecule has 0 radical (unpaired) electrons. The first-order valence-corrected chi connectivity index (χ1v) is 10.4. The Balaban J connectivity index is 1.76. The van der Waals surface area contributed by atoms with Gasteiger partial charge in [0.25, 0.3) is 0 Å². The highest BCUT2D eigenvalue weighted by molar-refractivity contribution is 5.90. The smallest absolute Gasteiger partial charge is 0.382 e. The minimum Gasteiger partial charge on any atom is -0.487 e. The molecule has 0 heterocycles. The third kappa shape index (κ3) is 5.21. The molecule has 2 aromatic carbocycles. The number of carbonyl (C=O) groups excluding carboxylic acids is 1. The molecule has 7 heteroatoms. The Labute approximate surface area is 180 Å². The van der Waals surface area contributed by atoms with Crippen molar-refractivity contribution in [3.8, 4) is 5.75 Å². The molecule has 1 aliphatic carbocycles. The molecule has 31 heavy (non-hydrogen) atoms. The Bertz CT molecular complexity index is 890. The number of benzene rings is 2. The maximum absolute atomic E-state index is 14.3. The Morgan fingerprint density at radius 3 is 2.19 bits per heavy atom. The van der Waals surface area contributed by atoms with E-state index in [0.29, 0.717) is 5.75 Å². The number of carboxylic acid groups (broad SMARTS) is 1. The quantitative estimate of drug-likeness (QED) is 0.534. The zero-order valence-corrected chi connectivity index (χ0v) is 17.4. The second-order valence-electron chi connectivity index (χ2n) is 7.85. The zero-order chi connectivity index (χ0) is 22.5. The molecule has 0 aliphatic heterocycles. The molecule has 1 atom stereocenters. The summed E-state index contributed by atoms with van der Waals surface area (Å²) in [6.07, 6.45) is 3.97. The van der Waals surface area contributed by atoms with Crippen LogP contribution >= 0.6 is 0 Å². The Morgan fingerprint density at radius 2 is 1.65 bits per heavy atom. The first kappa shape index (κ1) is 22.7. The van der Waals surface area contributed by atoms with Crippen molar-refractivity contribution in [2.24, 2.45) is 0 Å². The highest BCUT2D eigenvalue weighted by Gasteiger charge is 2.51. The van der Waals surface area contributed by atoms with E-state index >= 15 is 0 Å². The number of ether oxygens (including phenoxy) is 2. The molecule has 0 spiro atoms. The lowest BCUT2D eigenvalue weighted by Crippen LogP contribution is -2.38. The van der Waals surface area contributed by atoms with Gasteiger partial charge < -0.3 is 14.6 Å². The Morgan fingerprint density at radius 1 is 1.03 bits per heavy atom. The van der Waals surface area contributed by atoms with E-state index in [1.165, 1.54) is 42.8 Å². The summed E-state index contributed by atoms with van der Waals surface area (Å²) in [4.78, 5) is 23.6. The highest BCUT2D eigenvalue weighted by Crippen LogP contribution is 2.37. The average molecular weight is 432 g/mol. The maximum atomic E-state index is 14.3. The van der Waals surface area contributed by atoms with Gasteiger partial charge in [-0.25, -0.2) is 9.59 Å². The number of rotatable bonds is 8. The predicted octanol–water partition coefficient (Wildman–Crippen LogP) is 5.80. The van der Waals surface area contributed by atoms with E-state index in [4.69, 9.17) is 14.6 Å². The largest absolute Gasteiger partial charge is 0.487 e. The second-order valence-corrected chi connectivity index (χ2v) is 7.85. The standard InChI is InChI=1S/C24H26F2O5/c1-2-23(15-7-4-8-16-23)31-19-13-11-18(12-14-19)21(27)30-20(24(25,26)22(28)29)17-9-5-3-6-10-17/h3,5-6,9-14,20H,2,4,7-8,15-16H2,1H3,(H,28,29). The summed E-state index contributed by atoms with van der Waals surface area (Å²) < 4.78 is 39.7. The molecule has 1 fully saturated rings. The average Bonchev–Trinajstić information content (AvgIpc) is 2.78. The van der Waals surface area contributed by atoms with Crippen molar-refractivity contribution in [1.82, 2.24) is 0 Å². The molecular formula is C24H26F2O5. The number of halogens is 2. The monoisotopic (exact) mass is 432 g/mol. The van der Waals surface area contributed by atoms with Crippen LogP contribution in [0, 0.1) is 0 Å². The van der Waals surface area contributed by atoms with E-state index in [1.54, 1.807) is 18.2 Å². The van der Waals surface area contributed by atoms with Gasteiger partial charge in [0.2, 0.25) is 6.10 Å². The van der Waals surface area contributed by atoms with E-state index in [1.807, 2.05) is 0 Å². The van der Waals surface area contributed by atoms with Gasteiger partial charge in [0.15, 0.2) is 0 Å². The summed E-state index contributed by atoms with van der Waals surface area (Å²) in [6.45, 7) is 2.09. The van der Waals surface area contributed by atoms with E-state index in [9.17, 15) is 18.4 Å². The molecule has 1 saturated carbocycles. The second kappa shape index (κ2) is 9.45. The number of carboxylic acids is 1. The Kier molecular flexibility index (Phi) is 6.93. The molecule has 1 aliphatic rings. The summed E-state index contributed by atoms with van der Waals surface area (Å²) >= 11 is 0. The fourth-order valence-electron chi connectivity index (χ4n) is 3.90. The fourth-order valence-corrected chi connectivity index (χ4v) is 3.90. The van der Waals surface area contributed by atoms with Gasteiger partial charge in [0, 0.05) is 0 Å². The van der Waals surface area contributed by atoms with Crippen molar-refractivity contribution in [3.05, 3.63) is 65.7 Å². The summed E-state index contributed by atoms with van der Waals surface area (Å²) in [5.74, 6) is -7.09. The van der Waals surface area contributed by atoms with Gasteiger partial charge in [0.1, 0.15) is 11.4 Å². The molecule has 5 nitrogen and oxygen atoms in total. The van der Waals surface area contributed by atoms with Crippen molar-refractivity contribution in [1.29, 1.82) is 0 Å². The van der Waals surface area contributed by atoms with Crippen LogP contribution in [-0.2, 0) is 9.53 Å². The summed E-state index contributed by atoms with van der Waals surface area (Å²) in [5, 5.41) is 8.94. The number of carbonyl (C=O) groups is 2. The topological polar surface area (TPSA) is 72.8 Å². The minimum atomic E-state index is -4.28.